The van der Waals surface area contributed by atoms with E-state index in [2.05, 4.69) is 0 Å². The molecule has 0 bridgehead atoms. The Morgan fingerprint density at radius 2 is 0.894 bits per heavy atom. The number of halogens is 8. The fraction of sp³-hybridized carbons (Fsp3) is 0.0417. The van der Waals surface area contributed by atoms with E-state index in [-0.39, 0.29) is 33.4 Å². The molecule has 10 nitrogen and oxygen atoms in total. The van der Waals surface area contributed by atoms with Crippen molar-refractivity contribution in [1.82, 2.24) is 0 Å². The quantitative estimate of drug-likeness (QED) is 0.0919. The third-order valence-electron chi connectivity index (χ3n) is 10.8. The SMILES string of the molecule is N#CC1=C(c2c(F)c(F)c(C#N)c(F)c2F)/C(=C(\C#N)c2cc(C#N)cc(C#N)c2)c2cc3c(cc21)C(C#N)=C(c1c(F)c(F)c(C#N)c(F)c1F)C3C(C#N)c1cc(C#N)cc(C#N)c1. The highest BCUT2D eigenvalue weighted by Crippen LogP contribution is 2.59. The van der Waals surface area contributed by atoms with Gasteiger partial charge in [-0.2, -0.15) is 52.6 Å². The van der Waals surface area contributed by atoms with Crippen LogP contribution in [0.3, 0.4) is 0 Å². The second-order valence-electron chi connectivity index (χ2n) is 14.0. The summed E-state index contributed by atoms with van der Waals surface area (Å²) in [5.74, 6) is -21.7. The van der Waals surface area contributed by atoms with E-state index >= 15 is 35.1 Å². The molecule has 2 atom stereocenters. The highest BCUT2D eigenvalue weighted by molar-refractivity contribution is 6.31. The van der Waals surface area contributed by atoms with Gasteiger partial charge in [0.1, 0.15) is 41.5 Å². The maximum Gasteiger partial charge on any atom is 0.180 e. The van der Waals surface area contributed by atoms with Gasteiger partial charge in [0, 0.05) is 22.6 Å². The summed E-state index contributed by atoms with van der Waals surface area (Å²) in [4.78, 5) is 0. The third kappa shape index (κ3) is 6.30. The molecule has 0 N–H and O–H groups in total. The molecule has 308 valence electrons. The van der Waals surface area contributed by atoms with Gasteiger partial charge in [-0.15, -0.1) is 0 Å². The first-order valence-corrected chi connectivity index (χ1v) is 18.1. The van der Waals surface area contributed by atoms with Crippen molar-refractivity contribution in [3.63, 3.8) is 0 Å². The molecule has 0 fully saturated rings. The average molecular weight is 879 g/mol. The van der Waals surface area contributed by atoms with Crippen molar-refractivity contribution in [2.45, 2.75) is 11.8 Å². The Morgan fingerprint density at radius 1 is 0.439 bits per heavy atom. The van der Waals surface area contributed by atoms with Gasteiger partial charge in [0.15, 0.2) is 46.5 Å². The summed E-state index contributed by atoms with van der Waals surface area (Å²) in [5, 5.41) is 101. The van der Waals surface area contributed by atoms with Gasteiger partial charge in [0.2, 0.25) is 0 Å². The van der Waals surface area contributed by atoms with Gasteiger partial charge < -0.3 is 0 Å². The van der Waals surface area contributed by atoms with E-state index in [4.69, 9.17) is 0 Å². The molecule has 7 rings (SSSR count). The van der Waals surface area contributed by atoms with Crippen LogP contribution in [-0.4, -0.2) is 0 Å². The molecule has 66 heavy (non-hydrogen) atoms. The number of benzene rings is 5. The molecule has 2 unspecified atom stereocenters. The Labute approximate surface area is 365 Å². The summed E-state index contributed by atoms with van der Waals surface area (Å²) < 4.78 is 127. The summed E-state index contributed by atoms with van der Waals surface area (Å²) in [7, 11) is 0. The van der Waals surface area contributed by atoms with Crippen LogP contribution in [0.4, 0.5) is 35.1 Å². The third-order valence-corrected chi connectivity index (χ3v) is 10.8. The number of nitriles is 10. The van der Waals surface area contributed by atoms with Crippen molar-refractivity contribution in [2.75, 3.05) is 0 Å². The lowest BCUT2D eigenvalue weighted by Gasteiger charge is -2.24. The van der Waals surface area contributed by atoms with E-state index < -0.39 is 136 Å². The summed E-state index contributed by atoms with van der Waals surface area (Å²) in [6, 6.07) is 24.0. The number of rotatable bonds is 5. The smallest absolute Gasteiger partial charge is 0.180 e. The molecule has 0 heterocycles. The van der Waals surface area contributed by atoms with Gasteiger partial charge in [0.05, 0.1) is 86.4 Å². The maximum atomic E-state index is 16.2. The molecular formula is C48H10F8N10. The van der Waals surface area contributed by atoms with E-state index in [0.29, 0.717) is 0 Å². The van der Waals surface area contributed by atoms with Gasteiger partial charge in [-0.1, -0.05) is 0 Å². The fourth-order valence-corrected chi connectivity index (χ4v) is 8.11. The minimum atomic E-state index is -2.24. The van der Waals surface area contributed by atoms with Crippen LogP contribution in [0.25, 0.3) is 33.4 Å². The summed E-state index contributed by atoms with van der Waals surface area (Å²) in [5.41, 5.74) is -15.5. The molecule has 2 aliphatic rings. The Kier molecular flexibility index (Phi) is 10.9. The number of hydrogen-bond donors (Lipinski definition) is 0. The van der Waals surface area contributed by atoms with Crippen molar-refractivity contribution >= 4 is 33.4 Å². The molecule has 2 aliphatic carbocycles. The minimum absolute atomic E-state index is 0.242. The maximum absolute atomic E-state index is 16.2. The molecule has 0 aromatic heterocycles. The number of nitrogens with zero attached hydrogens (tertiary/aromatic N) is 10. The van der Waals surface area contributed by atoms with Crippen LogP contribution in [0, 0.1) is 160 Å². The van der Waals surface area contributed by atoms with Gasteiger partial charge in [-0.25, -0.2) is 35.1 Å². The Hall–Kier alpha value is -10.3. The van der Waals surface area contributed by atoms with E-state index in [9.17, 15) is 52.6 Å². The summed E-state index contributed by atoms with van der Waals surface area (Å²) >= 11 is 0. The molecule has 18 heteroatoms. The van der Waals surface area contributed by atoms with Crippen molar-refractivity contribution in [1.29, 1.82) is 52.6 Å². The number of fused-ring (bicyclic) bond motifs is 2. The molecular weight excluding hydrogens is 869 g/mol. The molecule has 5 aromatic rings. The zero-order chi connectivity index (χ0) is 48.0. The van der Waals surface area contributed by atoms with Crippen LogP contribution >= 0.6 is 0 Å². The van der Waals surface area contributed by atoms with E-state index in [0.717, 1.165) is 60.7 Å². The zero-order valence-electron chi connectivity index (χ0n) is 32.3. The highest BCUT2D eigenvalue weighted by atomic mass is 19.2. The van der Waals surface area contributed by atoms with Gasteiger partial charge in [0.25, 0.3) is 0 Å². The monoisotopic (exact) mass is 878 g/mol. The predicted octanol–water partition coefficient (Wildman–Crippen LogP) is 9.75. The first-order chi connectivity index (χ1) is 31.6. The Balaban J connectivity index is 1.72. The van der Waals surface area contributed by atoms with Crippen molar-refractivity contribution in [2.24, 2.45) is 0 Å². The predicted molar refractivity (Wildman–Crippen MR) is 209 cm³/mol. The standard InChI is InChI=1S/C48H10F8N10/c49-41-33(17-65)42(50)46(54)39(45(41)53)37-31(15-63)25-7-26-28(8-27(25)35(37)29(13-61)23-3-19(9-57)1-20(4-23)10-58)36(30(14-62)24-5-21(11-59)2-22(6-24)12-60)38(32(26)16-64)40-47(55)43(51)34(18-66)44(52)48(40)56/h1-8,29,35H/b36-30+. The van der Waals surface area contributed by atoms with Gasteiger partial charge in [-0.3, -0.25) is 0 Å². The minimum Gasteiger partial charge on any atom is -0.203 e. The van der Waals surface area contributed by atoms with Crippen LogP contribution in [-0.2, 0) is 0 Å². The molecule has 0 amide bonds. The zero-order valence-corrected chi connectivity index (χ0v) is 32.3. The molecule has 0 saturated carbocycles. The van der Waals surface area contributed by atoms with E-state index in [1.54, 1.807) is 42.5 Å². The lowest BCUT2D eigenvalue weighted by Crippen LogP contribution is -2.15. The molecule has 0 aliphatic heterocycles. The Bertz CT molecular complexity index is 3600. The Morgan fingerprint density at radius 3 is 1.30 bits per heavy atom. The molecule has 0 radical (unpaired) electrons. The van der Waals surface area contributed by atoms with Crippen molar-refractivity contribution in [3.05, 3.63) is 173 Å². The number of allylic oxidation sites excluding steroid dienone is 6. The first-order valence-electron chi connectivity index (χ1n) is 18.1. The lowest BCUT2D eigenvalue weighted by molar-refractivity contribution is 0.445. The summed E-state index contributed by atoms with van der Waals surface area (Å²) in [6.45, 7) is 0. The van der Waals surface area contributed by atoms with Gasteiger partial charge >= 0.3 is 0 Å². The normalized spacial score (nSPS) is 14.4. The lowest BCUT2D eigenvalue weighted by atomic mass is 9.76. The first kappa shape index (κ1) is 43.7. The molecule has 5 aromatic carbocycles. The topological polar surface area (TPSA) is 238 Å². The summed E-state index contributed by atoms with van der Waals surface area (Å²) in [6.07, 6.45) is 0. The second-order valence-corrected chi connectivity index (χ2v) is 14.0. The second kappa shape index (κ2) is 16.5. The van der Waals surface area contributed by atoms with Crippen molar-refractivity contribution < 1.29 is 35.1 Å². The highest BCUT2D eigenvalue weighted by Gasteiger charge is 2.45. The van der Waals surface area contributed by atoms with Crippen LogP contribution in [0.1, 0.15) is 89.7 Å². The van der Waals surface area contributed by atoms with Crippen molar-refractivity contribution in [3.8, 4) is 60.7 Å². The van der Waals surface area contributed by atoms with Crippen LogP contribution < -0.4 is 0 Å². The van der Waals surface area contributed by atoms with Crippen LogP contribution in [0.15, 0.2) is 48.5 Å². The van der Waals surface area contributed by atoms with Gasteiger partial charge in [-0.05, 0) is 81.9 Å². The fourth-order valence-electron chi connectivity index (χ4n) is 8.11. The van der Waals surface area contributed by atoms with E-state index in [1.807, 2.05) is 6.07 Å². The van der Waals surface area contributed by atoms with Crippen LogP contribution in [0.2, 0.25) is 0 Å². The average Bonchev–Trinajstić information content (AvgIpc) is 3.80. The largest absolute Gasteiger partial charge is 0.203 e. The van der Waals surface area contributed by atoms with Crippen LogP contribution in [0.5, 0.6) is 0 Å². The number of hydrogen-bond acceptors (Lipinski definition) is 10. The molecule has 0 spiro atoms. The molecule has 0 saturated heterocycles. The van der Waals surface area contributed by atoms with E-state index in [1.165, 1.54) is 0 Å².